The van der Waals surface area contributed by atoms with Crippen LogP contribution in [-0.4, -0.2) is 58.8 Å². The van der Waals surface area contributed by atoms with Crippen LogP contribution in [0.4, 0.5) is 5.69 Å². The third-order valence-corrected chi connectivity index (χ3v) is 4.91. The largest absolute Gasteiger partial charge is 0.486 e. The molecule has 134 valence electrons. The van der Waals surface area contributed by atoms with Gasteiger partial charge in [0.2, 0.25) is 15.9 Å². The van der Waals surface area contributed by atoms with Crippen molar-refractivity contribution in [3.8, 4) is 11.5 Å². The summed E-state index contributed by atoms with van der Waals surface area (Å²) in [6.07, 6.45) is 2.93. The molecule has 0 saturated heterocycles. The second-order valence-corrected chi connectivity index (χ2v) is 7.67. The lowest BCUT2D eigenvalue weighted by Gasteiger charge is -2.26. The number of carbonyl (C=O) groups excluding carboxylic acids is 1. The number of likely N-dealkylation sites (N-methyl/N-ethyl adjacent to an activating group) is 1. The molecule has 1 aromatic carbocycles. The molecular weight excluding hydrogens is 332 g/mol. The first-order valence-corrected chi connectivity index (χ1v) is 9.79. The van der Waals surface area contributed by atoms with Crippen LogP contribution in [0.2, 0.25) is 0 Å². The van der Waals surface area contributed by atoms with Crippen LogP contribution >= 0.6 is 0 Å². The Morgan fingerprint density at radius 2 is 1.88 bits per heavy atom. The van der Waals surface area contributed by atoms with Gasteiger partial charge >= 0.3 is 0 Å². The molecule has 7 nitrogen and oxygen atoms in total. The number of fused-ring (bicyclic) bond motifs is 1. The molecule has 0 aliphatic carbocycles. The lowest BCUT2D eigenvalue weighted by Crippen LogP contribution is -2.41. The Kier molecular flexibility index (Phi) is 5.93. The molecule has 0 aromatic heterocycles. The predicted octanol–water partition coefficient (Wildman–Crippen LogP) is 1.48. The van der Waals surface area contributed by atoms with Crippen molar-refractivity contribution in [1.29, 1.82) is 0 Å². The number of carbonyl (C=O) groups is 1. The van der Waals surface area contributed by atoms with Gasteiger partial charge in [0.25, 0.3) is 0 Å². The lowest BCUT2D eigenvalue weighted by atomic mass is 10.2. The first-order valence-electron chi connectivity index (χ1n) is 7.94. The number of hydrogen-bond acceptors (Lipinski definition) is 5. The Morgan fingerprint density at radius 1 is 1.21 bits per heavy atom. The average molecular weight is 356 g/mol. The van der Waals surface area contributed by atoms with Gasteiger partial charge in [0.1, 0.15) is 19.8 Å². The molecule has 0 unspecified atom stereocenters. The standard InChI is InChI=1S/C16H24N2O5S/c1-4-5-8-17(2)16(19)12-18(24(3,20)21)13-6-7-14-15(11-13)23-10-9-22-14/h6-7,11H,4-5,8-10,12H2,1-3H3. The van der Waals surface area contributed by atoms with Crippen LogP contribution in [0.5, 0.6) is 11.5 Å². The quantitative estimate of drug-likeness (QED) is 0.740. The summed E-state index contributed by atoms with van der Waals surface area (Å²) in [6, 6.07) is 4.87. The molecule has 8 heteroatoms. The fourth-order valence-corrected chi connectivity index (χ4v) is 3.19. The molecule has 1 aliphatic rings. The number of ether oxygens (including phenoxy) is 2. The number of amides is 1. The maximum atomic E-state index is 12.3. The van der Waals surface area contributed by atoms with E-state index < -0.39 is 10.0 Å². The summed E-state index contributed by atoms with van der Waals surface area (Å²) in [7, 11) is -1.92. The number of anilines is 1. The molecule has 0 N–H and O–H groups in total. The van der Waals surface area contributed by atoms with Gasteiger partial charge < -0.3 is 14.4 Å². The van der Waals surface area contributed by atoms with Crippen molar-refractivity contribution >= 4 is 21.6 Å². The zero-order valence-corrected chi connectivity index (χ0v) is 15.1. The van der Waals surface area contributed by atoms with Gasteiger partial charge in [0.15, 0.2) is 11.5 Å². The summed E-state index contributed by atoms with van der Waals surface area (Å²) >= 11 is 0. The minimum absolute atomic E-state index is 0.237. The van der Waals surface area contributed by atoms with Gasteiger partial charge in [0, 0.05) is 19.7 Å². The van der Waals surface area contributed by atoms with Crippen molar-refractivity contribution in [2.24, 2.45) is 0 Å². The summed E-state index contributed by atoms with van der Waals surface area (Å²) in [4.78, 5) is 13.9. The van der Waals surface area contributed by atoms with E-state index in [0.717, 1.165) is 23.4 Å². The maximum Gasteiger partial charge on any atom is 0.243 e. The predicted molar refractivity (Wildman–Crippen MR) is 92.2 cm³/mol. The first-order chi connectivity index (χ1) is 11.3. The third kappa shape index (κ3) is 4.53. The van der Waals surface area contributed by atoms with E-state index in [-0.39, 0.29) is 12.5 Å². The third-order valence-electron chi connectivity index (χ3n) is 3.77. The fourth-order valence-electron chi connectivity index (χ4n) is 2.35. The van der Waals surface area contributed by atoms with Gasteiger partial charge in [-0.2, -0.15) is 0 Å². The van der Waals surface area contributed by atoms with Gasteiger partial charge in [-0.15, -0.1) is 0 Å². The van der Waals surface area contributed by atoms with Gasteiger partial charge in [-0.05, 0) is 18.6 Å². The van der Waals surface area contributed by atoms with E-state index in [4.69, 9.17) is 9.47 Å². The molecule has 0 saturated carbocycles. The van der Waals surface area contributed by atoms with Crippen molar-refractivity contribution in [1.82, 2.24) is 4.90 Å². The van der Waals surface area contributed by atoms with Gasteiger partial charge in [-0.1, -0.05) is 13.3 Å². The Labute approximate surface area is 143 Å². The van der Waals surface area contributed by atoms with Crippen molar-refractivity contribution < 1.29 is 22.7 Å². The van der Waals surface area contributed by atoms with Gasteiger partial charge in [-0.3, -0.25) is 9.10 Å². The normalized spacial score (nSPS) is 13.5. The van der Waals surface area contributed by atoms with Crippen LogP contribution in [-0.2, 0) is 14.8 Å². The molecule has 0 bridgehead atoms. The van der Waals surface area contributed by atoms with E-state index >= 15 is 0 Å². The average Bonchev–Trinajstić information content (AvgIpc) is 2.55. The molecule has 1 aromatic rings. The van der Waals surface area contributed by atoms with Gasteiger partial charge in [0.05, 0.1) is 11.9 Å². The van der Waals surface area contributed by atoms with Crippen molar-refractivity contribution in [2.75, 3.05) is 43.9 Å². The monoisotopic (exact) mass is 356 g/mol. The molecule has 2 rings (SSSR count). The van der Waals surface area contributed by atoms with Crippen LogP contribution < -0.4 is 13.8 Å². The van der Waals surface area contributed by atoms with E-state index in [0.29, 0.717) is 36.9 Å². The van der Waals surface area contributed by atoms with E-state index in [1.165, 1.54) is 0 Å². The summed E-state index contributed by atoms with van der Waals surface area (Å²) in [5, 5.41) is 0. The topological polar surface area (TPSA) is 76.2 Å². The molecule has 1 heterocycles. The minimum atomic E-state index is -3.60. The second kappa shape index (κ2) is 7.74. The summed E-state index contributed by atoms with van der Waals surface area (Å²) in [5.41, 5.74) is 0.388. The first kappa shape index (κ1) is 18.4. The second-order valence-electron chi connectivity index (χ2n) is 5.77. The van der Waals surface area contributed by atoms with E-state index in [1.54, 1.807) is 30.1 Å². The van der Waals surface area contributed by atoms with Crippen molar-refractivity contribution in [2.45, 2.75) is 19.8 Å². The van der Waals surface area contributed by atoms with Crippen LogP contribution in [0, 0.1) is 0 Å². The Bertz CT molecular complexity index is 690. The molecule has 0 atom stereocenters. The van der Waals surface area contributed by atoms with E-state index in [9.17, 15) is 13.2 Å². The molecule has 24 heavy (non-hydrogen) atoms. The molecule has 0 radical (unpaired) electrons. The number of hydrogen-bond donors (Lipinski definition) is 0. The van der Waals surface area contributed by atoms with Gasteiger partial charge in [-0.25, -0.2) is 8.42 Å². The molecule has 1 aliphatic heterocycles. The van der Waals surface area contributed by atoms with Crippen LogP contribution in [0.3, 0.4) is 0 Å². The van der Waals surface area contributed by atoms with Crippen LogP contribution in [0.15, 0.2) is 18.2 Å². The Balaban J connectivity index is 2.22. The zero-order valence-electron chi connectivity index (χ0n) is 14.3. The molecule has 0 spiro atoms. The summed E-state index contributed by atoms with van der Waals surface area (Å²) in [5.74, 6) is 0.813. The highest BCUT2D eigenvalue weighted by molar-refractivity contribution is 7.92. The summed E-state index contributed by atoms with van der Waals surface area (Å²) < 4.78 is 36.3. The smallest absolute Gasteiger partial charge is 0.243 e. The minimum Gasteiger partial charge on any atom is -0.486 e. The maximum absolute atomic E-state index is 12.3. The number of unbranched alkanes of at least 4 members (excludes halogenated alkanes) is 1. The number of benzene rings is 1. The Hall–Kier alpha value is -1.96. The number of rotatable bonds is 7. The Morgan fingerprint density at radius 3 is 2.50 bits per heavy atom. The lowest BCUT2D eigenvalue weighted by molar-refractivity contribution is -0.128. The van der Waals surface area contributed by atoms with E-state index in [1.807, 2.05) is 6.92 Å². The zero-order chi connectivity index (χ0) is 17.7. The number of sulfonamides is 1. The molecule has 1 amide bonds. The fraction of sp³-hybridized carbons (Fsp3) is 0.562. The van der Waals surface area contributed by atoms with Crippen LogP contribution in [0.25, 0.3) is 0 Å². The SMILES string of the molecule is CCCCN(C)C(=O)CN(c1ccc2c(c1)OCCO2)S(C)(=O)=O. The van der Waals surface area contributed by atoms with E-state index in [2.05, 4.69) is 0 Å². The van der Waals surface area contributed by atoms with Crippen molar-refractivity contribution in [3.63, 3.8) is 0 Å². The highest BCUT2D eigenvalue weighted by Crippen LogP contribution is 2.34. The molecule has 0 fully saturated rings. The molecular formula is C16H24N2O5S. The highest BCUT2D eigenvalue weighted by Gasteiger charge is 2.24. The number of nitrogens with zero attached hydrogens (tertiary/aromatic N) is 2. The van der Waals surface area contributed by atoms with Crippen molar-refractivity contribution in [3.05, 3.63) is 18.2 Å². The highest BCUT2D eigenvalue weighted by atomic mass is 32.2. The van der Waals surface area contributed by atoms with Crippen LogP contribution in [0.1, 0.15) is 19.8 Å². The summed E-state index contributed by atoms with van der Waals surface area (Å²) in [6.45, 7) is 3.28.